The number of hydrogen-bond acceptors (Lipinski definition) is 5. The number of thiocarbonyl (C=S) groups is 1. The van der Waals surface area contributed by atoms with Gasteiger partial charge in [0, 0.05) is 6.61 Å². The van der Waals surface area contributed by atoms with Crippen LogP contribution in [0.4, 0.5) is 0 Å². The molecule has 1 aliphatic rings. The lowest BCUT2D eigenvalue weighted by Crippen LogP contribution is -2.47. The van der Waals surface area contributed by atoms with Gasteiger partial charge in [0.2, 0.25) is 0 Å². The van der Waals surface area contributed by atoms with Crippen LogP contribution in [0.25, 0.3) is 0 Å². The lowest BCUT2D eigenvalue weighted by Gasteiger charge is -2.25. The first-order valence-corrected chi connectivity index (χ1v) is 8.86. The fourth-order valence-corrected chi connectivity index (χ4v) is 4.55. The van der Waals surface area contributed by atoms with Crippen LogP contribution < -0.4 is 5.32 Å². The van der Waals surface area contributed by atoms with E-state index in [0.717, 1.165) is 25.7 Å². The third-order valence-corrected chi connectivity index (χ3v) is 5.32. The van der Waals surface area contributed by atoms with E-state index in [0.29, 0.717) is 13.0 Å². The van der Waals surface area contributed by atoms with Gasteiger partial charge in [0.15, 0.2) is 9.84 Å². The molecule has 0 aliphatic carbocycles. The third kappa shape index (κ3) is 6.54. The Morgan fingerprint density at radius 3 is 2.63 bits per heavy atom. The van der Waals surface area contributed by atoms with Crippen molar-refractivity contribution in [2.24, 2.45) is 0 Å². The first kappa shape index (κ1) is 16.7. The van der Waals surface area contributed by atoms with Gasteiger partial charge in [0.25, 0.3) is 5.17 Å². The van der Waals surface area contributed by atoms with Crippen LogP contribution in [0.1, 0.15) is 39.0 Å². The fraction of sp³-hybridized carbons (Fsp3) is 0.917. The van der Waals surface area contributed by atoms with Gasteiger partial charge in [-0.3, -0.25) is 0 Å². The van der Waals surface area contributed by atoms with Gasteiger partial charge < -0.3 is 15.2 Å². The number of ether oxygens (including phenoxy) is 1. The standard InChI is InChI=1S/C12H23NO4S2/c1-12(6-9-19(15,16)10-12)13-11(18)17-8-5-3-2-4-7-14/h14H,2-10H2,1H3,(H,13,18). The van der Waals surface area contributed by atoms with Gasteiger partial charge in [-0.05, 0) is 44.8 Å². The van der Waals surface area contributed by atoms with Gasteiger partial charge >= 0.3 is 0 Å². The van der Waals surface area contributed by atoms with Crippen molar-refractivity contribution in [3.8, 4) is 0 Å². The Morgan fingerprint density at radius 1 is 1.37 bits per heavy atom. The highest BCUT2D eigenvalue weighted by molar-refractivity contribution is 7.91. The summed E-state index contributed by atoms with van der Waals surface area (Å²) >= 11 is 5.07. The Bertz CT molecular complexity index is 397. The van der Waals surface area contributed by atoms with Crippen LogP contribution in [-0.2, 0) is 14.6 Å². The zero-order valence-electron chi connectivity index (χ0n) is 11.4. The molecular weight excluding hydrogens is 286 g/mol. The third-order valence-electron chi connectivity index (χ3n) is 3.19. The summed E-state index contributed by atoms with van der Waals surface area (Å²) in [6.07, 6.45) is 4.25. The average molecular weight is 309 g/mol. The monoisotopic (exact) mass is 309 g/mol. The van der Waals surface area contributed by atoms with E-state index in [1.54, 1.807) is 0 Å². The van der Waals surface area contributed by atoms with Crippen LogP contribution in [0.5, 0.6) is 0 Å². The minimum absolute atomic E-state index is 0.111. The molecule has 0 spiro atoms. The molecule has 0 aromatic carbocycles. The minimum Gasteiger partial charge on any atom is -0.471 e. The lowest BCUT2D eigenvalue weighted by molar-refractivity contribution is 0.261. The molecule has 1 unspecified atom stereocenters. The van der Waals surface area contributed by atoms with E-state index in [1.807, 2.05) is 6.92 Å². The first-order valence-electron chi connectivity index (χ1n) is 6.63. The maximum atomic E-state index is 11.4. The molecule has 0 bridgehead atoms. The molecule has 7 heteroatoms. The van der Waals surface area contributed by atoms with Crippen molar-refractivity contribution in [1.82, 2.24) is 5.32 Å². The Labute approximate surface area is 120 Å². The topological polar surface area (TPSA) is 75.6 Å². The fourth-order valence-electron chi connectivity index (χ4n) is 2.12. The Morgan fingerprint density at radius 2 is 2.05 bits per heavy atom. The second-order valence-corrected chi connectivity index (χ2v) is 7.86. The molecule has 5 nitrogen and oxygen atoms in total. The van der Waals surface area contributed by atoms with Gasteiger partial charge in [0.05, 0.1) is 23.7 Å². The molecule has 0 aromatic heterocycles. The molecule has 1 heterocycles. The van der Waals surface area contributed by atoms with Gasteiger partial charge in [-0.15, -0.1) is 0 Å². The van der Waals surface area contributed by atoms with Crippen LogP contribution in [0.2, 0.25) is 0 Å². The van der Waals surface area contributed by atoms with Crippen molar-refractivity contribution in [3.05, 3.63) is 0 Å². The Balaban J connectivity index is 2.18. The molecule has 0 aromatic rings. The van der Waals surface area contributed by atoms with E-state index >= 15 is 0 Å². The van der Waals surface area contributed by atoms with E-state index in [-0.39, 0.29) is 23.3 Å². The molecular formula is C12H23NO4S2. The van der Waals surface area contributed by atoms with Crippen LogP contribution >= 0.6 is 12.2 Å². The molecule has 1 atom stereocenters. The molecule has 2 N–H and O–H groups in total. The summed E-state index contributed by atoms with van der Waals surface area (Å²) in [7, 11) is -2.94. The molecule has 112 valence electrons. The summed E-state index contributed by atoms with van der Waals surface area (Å²) in [4.78, 5) is 0. The Hall–Kier alpha value is -0.400. The summed E-state index contributed by atoms with van der Waals surface area (Å²) in [5, 5.41) is 11.9. The van der Waals surface area contributed by atoms with Crippen molar-refractivity contribution < 1.29 is 18.3 Å². The molecule has 1 rings (SSSR count). The quantitative estimate of drug-likeness (QED) is 0.540. The normalized spacial score (nSPS) is 25.2. The summed E-state index contributed by atoms with van der Waals surface area (Å²) < 4.78 is 28.3. The number of sulfone groups is 1. The van der Waals surface area contributed by atoms with Crippen molar-refractivity contribution >= 4 is 27.2 Å². The predicted molar refractivity (Wildman–Crippen MR) is 78.9 cm³/mol. The van der Waals surface area contributed by atoms with Crippen LogP contribution in [0.15, 0.2) is 0 Å². The van der Waals surface area contributed by atoms with E-state index < -0.39 is 15.4 Å². The molecule has 0 radical (unpaired) electrons. The maximum Gasteiger partial charge on any atom is 0.257 e. The predicted octanol–water partition coefficient (Wildman–Crippen LogP) is 1.01. The lowest BCUT2D eigenvalue weighted by atomic mass is 10.0. The molecule has 0 saturated carbocycles. The number of unbranched alkanes of at least 4 members (excludes halogenated alkanes) is 3. The summed E-state index contributed by atoms with van der Waals surface area (Å²) in [5.74, 6) is 0.320. The number of aliphatic hydroxyl groups is 1. The van der Waals surface area contributed by atoms with Crippen molar-refractivity contribution in [2.75, 3.05) is 24.7 Å². The van der Waals surface area contributed by atoms with Gasteiger partial charge in [0.1, 0.15) is 0 Å². The number of nitrogens with one attached hydrogen (secondary N) is 1. The molecule has 1 saturated heterocycles. The van der Waals surface area contributed by atoms with E-state index in [1.165, 1.54) is 0 Å². The highest BCUT2D eigenvalue weighted by atomic mass is 32.2. The van der Waals surface area contributed by atoms with Crippen molar-refractivity contribution in [1.29, 1.82) is 0 Å². The average Bonchev–Trinajstić information content (AvgIpc) is 2.57. The van der Waals surface area contributed by atoms with E-state index in [9.17, 15) is 8.42 Å². The zero-order valence-corrected chi connectivity index (χ0v) is 13.0. The van der Waals surface area contributed by atoms with Crippen LogP contribution in [0.3, 0.4) is 0 Å². The van der Waals surface area contributed by atoms with Crippen molar-refractivity contribution in [3.63, 3.8) is 0 Å². The SMILES string of the molecule is CC1(NC(=S)OCCCCCCO)CCS(=O)(=O)C1. The van der Waals surface area contributed by atoms with Crippen LogP contribution in [-0.4, -0.2) is 49.0 Å². The minimum atomic E-state index is -2.94. The molecule has 1 fully saturated rings. The number of hydrogen-bond donors (Lipinski definition) is 2. The number of aliphatic hydroxyl groups excluding tert-OH is 1. The molecule has 19 heavy (non-hydrogen) atoms. The van der Waals surface area contributed by atoms with Crippen molar-refractivity contribution in [2.45, 2.75) is 44.6 Å². The second kappa shape index (κ2) is 7.40. The number of rotatable bonds is 7. The largest absolute Gasteiger partial charge is 0.471 e. The van der Waals surface area contributed by atoms with Gasteiger partial charge in [-0.25, -0.2) is 8.42 Å². The van der Waals surface area contributed by atoms with Gasteiger partial charge in [-0.2, -0.15) is 0 Å². The smallest absolute Gasteiger partial charge is 0.257 e. The summed E-state index contributed by atoms with van der Waals surface area (Å²) in [5.41, 5.74) is -0.493. The van der Waals surface area contributed by atoms with Crippen LogP contribution in [0, 0.1) is 0 Å². The zero-order chi connectivity index (χ0) is 14.4. The summed E-state index contributed by atoms with van der Waals surface area (Å²) in [6, 6.07) is 0. The molecule has 0 amide bonds. The van der Waals surface area contributed by atoms with E-state index in [4.69, 9.17) is 22.1 Å². The summed E-state index contributed by atoms with van der Waals surface area (Å²) in [6.45, 7) is 2.61. The Kier molecular flexibility index (Phi) is 6.49. The van der Waals surface area contributed by atoms with Gasteiger partial charge in [-0.1, -0.05) is 6.42 Å². The highest BCUT2D eigenvalue weighted by Gasteiger charge is 2.39. The first-order chi connectivity index (χ1) is 8.87. The second-order valence-electron chi connectivity index (χ2n) is 5.30. The maximum absolute atomic E-state index is 11.4. The highest BCUT2D eigenvalue weighted by Crippen LogP contribution is 2.22. The molecule has 1 aliphatic heterocycles. The van der Waals surface area contributed by atoms with E-state index in [2.05, 4.69) is 5.32 Å².